The zero-order valence-electron chi connectivity index (χ0n) is 22.8. The molecule has 5 aromatic carbocycles. The number of carbonyl (C=O) groups is 1. The average Bonchev–Trinajstić information content (AvgIpc) is 3.01. The monoisotopic (exact) mass is 666 g/mol. The van der Waals surface area contributed by atoms with Crippen molar-refractivity contribution < 1.29 is 4.79 Å². The third-order valence-electron chi connectivity index (χ3n) is 7.54. The van der Waals surface area contributed by atoms with Crippen LogP contribution >= 0.6 is 31.2 Å². The van der Waals surface area contributed by atoms with Gasteiger partial charge in [-0.25, -0.2) is 0 Å². The van der Waals surface area contributed by atoms with Crippen molar-refractivity contribution in [2.75, 3.05) is 5.32 Å². The first kappa shape index (κ1) is 28.7. The van der Waals surface area contributed by atoms with E-state index in [1.807, 2.05) is 49.4 Å². The minimum atomic E-state index is -2.47. The van der Waals surface area contributed by atoms with Gasteiger partial charge in [0, 0.05) is 0 Å². The number of carbonyl (C=O) groups excluding carboxylic acids is 1. The smallest absolute Gasteiger partial charge is 0.107 e. The molecular formula is C36H32IN2OP. The van der Waals surface area contributed by atoms with Crippen LogP contribution in [0.4, 0.5) is 5.69 Å². The minimum absolute atomic E-state index is 0. The van der Waals surface area contributed by atoms with Gasteiger partial charge in [0.25, 0.3) is 0 Å². The summed E-state index contributed by atoms with van der Waals surface area (Å²) in [7, 11) is -2.47. The number of benzene rings is 5. The van der Waals surface area contributed by atoms with Crippen LogP contribution in [0, 0.1) is 6.92 Å². The van der Waals surface area contributed by atoms with Crippen LogP contribution < -0.4 is 21.2 Å². The molecule has 0 fully saturated rings. The standard InChI is InChI=1S/C36H31N2OP.HI/c1-27-20-21-29-25-31(22-23-35(29)37-27)38-36(39)30-13-11-12-28(24-30)26-40(32-14-5-2-6-15-32,33-16-7-3-8-17-33)34-18-9-4-10-19-34;/h2-25,40H,26H2,1H3,(H,38,39);1H. The molecule has 0 atom stereocenters. The van der Waals surface area contributed by atoms with Crippen LogP contribution in [0.1, 0.15) is 21.6 Å². The van der Waals surface area contributed by atoms with Crippen LogP contribution in [0.3, 0.4) is 0 Å². The SMILES string of the molecule is Cc1ccc2cc(NC(=O)c3cccc(C[PH](c4ccccc4)(c4ccccc4)c4ccccc4)c3)ccc2n1.I. The summed E-state index contributed by atoms with van der Waals surface area (Å²) in [5.41, 5.74) is 4.45. The molecule has 0 aliphatic heterocycles. The van der Waals surface area contributed by atoms with Gasteiger partial charge in [0.1, 0.15) is 0 Å². The number of aromatic nitrogens is 1. The molecule has 6 rings (SSSR count). The van der Waals surface area contributed by atoms with Crippen molar-refractivity contribution in [2.24, 2.45) is 0 Å². The number of hydrogen-bond acceptors (Lipinski definition) is 2. The Morgan fingerprint density at radius 1 is 0.659 bits per heavy atom. The molecule has 0 aliphatic rings. The number of aryl methyl sites for hydroxylation is 1. The third kappa shape index (κ3) is 6.09. The quantitative estimate of drug-likeness (QED) is 0.141. The van der Waals surface area contributed by atoms with Gasteiger partial charge in [0.2, 0.25) is 0 Å². The first-order chi connectivity index (χ1) is 19.6. The summed E-state index contributed by atoms with van der Waals surface area (Å²) in [6.45, 7) is 1.98. The number of amides is 1. The predicted octanol–water partition coefficient (Wildman–Crippen LogP) is 7.64. The Kier molecular flexibility index (Phi) is 8.92. The van der Waals surface area contributed by atoms with Gasteiger partial charge in [-0.2, -0.15) is 0 Å². The van der Waals surface area contributed by atoms with Gasteiger partial charge in [-0.15, -0.1) is 24.0 Å². The molecule has 0 aliphatic carbocycles. The second-order valence-electron chi connectivity index (χ2n) is 10.2. The number of halogens is 1. The molecule has 41 heavy (non-hydrogen) atoms. The third-order valence-corrected chi connectivity index (χ3v) is 12.4. The van der Waals surface area contributed by atoms with Crippen LogP contribution in [0.25, 0.3) is 10.9 Å². The van der Waals surface area contributed by atoms with Crippen molar-refractivity contribution in [1.82, 2.24) is 4.98 Å². The predicted molar refractivity (Wildman–Crippen MR) is 187 cm³/mol. The zero-order valence-corrected chi connectivity index (χ0v) is 26.2. The van der Waals surface area contributed by atoms with E-state index in [0.29, 0.717) is 5.56 Å². The topological polar surface area (TPSA) is 42.0 Å². The van der Waals surface area contributed by atoms with E-state index in [4.69, 9.17) is 0 Å². The van der Waals surface area contributed by atoms with Crippen LogP contribution in [-0.2, 0) is 6.16 Å². The molecule has 0 saturated carbocycles. The van der Waals surface area contributed by atoms with Crippen molar-refractivity contribution in [2.45, 2.75) is 13.1 Å². The van der Waals surface area contributed by atoms with Crippen molar-refractivity contribution >= 4 is 69.7 Å². The molecule has 1 N–H and O–H groups in total. The summed E-state index contributed by atoms with van der Waals surface area (Å²) in [6.07, 6.45) is 0.840. The maximum Gasteiger partial charge on any atom is -0.107 e. The summed E-state index contributed by atoms with van der Waals surface area (Å²) in [6, 6.07) is 50.6. The molecule has 0 radical (unpaired) electrons. The number of fused-ring (bicyclic) bond motifs is 1. The number of hydrogen-bond donors (Lipinski definition) is 1. The van der Waals surface area contributed by atoms with E-state index in [9.17, 15) is 4.79 Å². The molecule has 1 amide bonds. The summed E-state index contributed by atoms with van der Waals surface area (Å²) >= 11 is 0. The fourth-order valence-corrected chi connectivity index (χ4v) is 10.3. The fourth-order valence-electron chi connectivity index (χ4n) is 5.61. The maximum absolute atomic E-state index is 13.4. The number of nitrogens with zero attached hydrogens (tertiary/aromatic N) is 1. The van der Waals surface area contributed by atoms with Crippen LogP contribution in [0.5, 0.6) is 0 Å². The van der Waals surface area contributed by atoms with Gasteiger partial charge in [-0.1, -0.05) is 0 Å². The first-order valence-corrected chi connectivity index (χ1v) is 15.8. The molecule has 1 heterocycles. The normalized spacial score (nSPS) is 11.4. The Labute approximate surface area is 259 Å². The Balaban J connectivity index is 0.00000337. The molecule has 0 bridgehead atoms. The van der Waals surface area contributed by atoms with Gasteiger partial charge in [-0.05, 0) is 6.92 Å². The van der Waals surface area contributed by atoms with E-state index >= 15 is 0 Å². The number of anilines is 1. The number of nitrogens with one attached hydrogen (secondary N) is 1. The van der Waals surface area contributed by atoms with Crippen molar-refractivity contribution in [1.29, 1.82) is 0 Å². The molecular weight excluding hydrogens is 634 g/mol. The summed E-state index contributed by atoms with van der Waals surface area (Å²) in [5, 5.41) is 8.14. The van der Waals surface area contributed by atoms with E-state index in [1.165, 1.54) is 15.9 Å². The molecule has 5 heteroatoms. The second-order valence-corrected chi connectivity index (χ2v) is 14.1. The molecule has 204 valence electrons. The molecule has 6 aromatic rings. The number of pyridine rings is 1. The Bertz CT molecular complexity index is 1680. The first-order valence-electron chi connectivity index (χ1n) is 13.6. The van der Waals surface area contributed by atoms with Gasteiger partial charge in [0.05, 0.1) is 0 Å². The van der Waals surface area contributed by atoms with Gasteiger partial charge >= 0.3 is 229 Å². The van der Waals surface area contributed by atoms with Crippen molar-refractivity contribution in [3.63, 3.8) is 0 Å². The molecule has 0 saturated heterocycles. The maximum atomic E-state index is 13.4. The van der Waals surface area contributed by atoms with E-state index < -0.39 is 7.26 Å². The molecule has 1 aromatic heterocycles. The summed E-state index contributed by atoms with van der Waals surface area (Å²) in [5.74, 6) is -0.118. The van der Waals surface area contributed by atoms with E-state index in [1.54, 1.807) is 0 Å². The largest absolute Gasteiger partial charge is 0.107 e. The van der Waals surface area contributed by atoms with Crippen LogP contribution in [-0.4, -0.2) is 10.9 Å². The molecule has 0 spiro atoms. The van der Waals surface area contributed by atoms with Gasteiger partial charge in [-0.3, -0.25) is 0 Å². The van der Waals surface area contributed by atoms with Crippen LogP contribution in [0.2, 0.25) is 0 Å². The number of rotatable bonds is 7. The van der Waals surface area contributed by atoms with E-state index in [-0.39, 0.29) is 29.9 Å². The van der Waals surface area contributed by atoms with Gasteiger partial charge < -0.3 is 0 Å². The second kappa shape index (κ2) is 12.8. The molecule has 0 unspecified atom stereocenters. The average molecular weight is 667 g/mol. The van der Waals surface area contributed by atoms with Gasteiger partial charge in [0.15, 0.2) is 0 Å². The summed E-state index contributed by atoms with van der Waals surface area (Å²) in [4.78, 5) is 18.0. The Morgan fingerprint density at radius 2 is 1.24 bits per heavy atom. The van der Waals surface area contributed by atoms with Crippen LogP contribution in [0.15, 0.2) is 146 Å². The Morgan fingerprint density at radius 3 is 1.83 bits per heavy atom. The molecule has 3 nitrogen and oxygen atoms in total. The van der Waals surface area contributed by atoms with Crippen molar-refractivity contribution in [3.8, 4) is 0 Å². The summed E-state index contributed by atoms with van der Waals surface area (Å²) < 4.78 is 0. The zero-order chi connectivity index (χ0) is 27.4. The van der Waals surface area contributed by atoms with E-state index in [2.05, 4.69) is 113 Å². The minimum Gasteiger partial charge on any atom is -0.107 e. The fraction of sp³-hybridized carbons (Fsp3) is 0.0556. The Hall–Kier alpha value is -3.86. The van der Waals surface area contributed by atoms with Crippen molar-refractivity contribution in [3.05, 3.63) is 162 Å². The van der Waals surface area contributed by atoms with E-state index in [0.717, 1.165) is 34.0 Å².